The molecule has 148 valence electrons. The second-order valence-electron chi connectivity index (χ2n) is 7.59. The molecule has 2 aromatic rings. The number of rotatable bonds is 5. The van der Waals surface area contributed by atoms with Crippen molar-refractivity contribution >= 4 is 28.9 Å². The number of hydrogen-bond donors (Lipinski definition) is 1. The van der Waals surface area contributed by atoms with Gasteiger partial charge in [0.15, 0.2) is 0 Å². The van der Waals surface area contributed by atoms with Crippen LogP contribution in [0.3, 0.4) is 0 Å². The summed E-state index contributed by atoms with van der Waals surface area (Å²) in [6.07, 6.45) is 3.77. The Labute approximate surface area is 167 Å². The van der Waals surface area contributed by atoms with Crippen molar-refractivity contribution in [3.8, 4) is 0 Å². The van der Waals surface area contributed by atoms with Crippen LogP contribution >= 0.6 is 0 Å². The molecule has 0 bridgehead atoms. The lowest BCUT2D eigenvalue weighted by Crippen LogP contribution is -2.36. The van der Waals surface area contributed by atoms with Crippen molar-refractivity contribution in [2.45, 2.75) is 40.0 Å². The van der Waals surface area contributed by atoms with Crippen LogP contribution in [0.25, 0.3) is 0 Å². The maximum atomic E-state index is 12.5. The lowest BCUT2D eigenvalue weighted by Gasteiger charge is -2.28. The fourth-order valence-corrected chi connectivity index (χ4v) is 3.74. The van der Waals surface area contributed by atoms with E-state index in [2.05, 4.69) is 10.2 Å². The molecule has 1 fully saturated rings. The molecule has 0 aromatic heterocycles. The monoisotopic (exact) mass is 379 g/mol. The fourth-order valence-electron chi connectivity index (χ4n) is 3.74. The predicted octanol–water partition coefficient (Wildman–Crippen LogP) is 4.29. The Morgan fingerprint density at radius 3 is 2.14 bits per heavy atom. The third kappa shape index (κ3) is 5.12. The van der Waals surface area contributed by atoms with Gasteiger partial charge in [-0.05, 0) is 80.6 Å². The quantitative estimate of drug-likeness (QED) is 0.843. The summed E-state index contributed by atoms with van der Waals surface area (Å²) in [4.78, 5) is 28.5. The van der Waals surface area contributed by atoms with E-state index in [4.69, 9.17) is 0 Å². The highest BCUT2D eigenvalue weighted by Gasteiger charge is 2.17. The number of carbonyl (C=O) groups excluding carboxylic acids is 2. The van der Waals surface area contributed by atoms with E-state index in [-0.39, 0.29) is 18.4 Å². The molecule has 0 unspecified atom stereocenters. The van der Waals surface area contributed by atoms with Gasteiger partial charge in [-0.15, -0.1) is 0 Å². The smallest absolute Gasteiger partial charge is 0.244 e. The molecule has 2 aromatic carbocycles. The molecular formula is C23H29N3O2. The Morgan fingerprint density at radius 1 is 0.964 bits per heavy atom. The maximum absolute atomic E-state index is 12.5. The number of carbonyl (C=O) groups is 2. The molecule has 0 aliphatic carbocycles. The first-order chi connectivity index (χ1) is 13.4. The average Bonchev–Trinajstić information content (AvgIpc) is 2.66. The number of benzene rings is 2. The number of hydrogen-bond acceptors (Lipinski definition) is 3. The van der Waals surface area contributed by atoms with Crippen molar-refractivity contribution in [2.75, 3.05) is 34.8 Å². The average molecular weight is 380 g/mol. The zero-order chi connectivity index (χ0) is 20.1. The third-order valence-corrected chi connectivity index (χ3v) is 5.07. The summed E-state index contributed by atoms with van der Waals surface area (Å²) in [7, 11) is 0. The van der Waals surface area contributed by atoms with Crippen molar-refractivity contribution in [1.82, 2.24) is 0 Å². The molecule has 2 amide bonds. The van der Waals surface area contributed by atoms with Crippen molar-refractivity contribution < 1.29 is 9.59 Å². The predicted molar refractivity (Wildman–Crippen MR) is 115 cm³/mol. The fraction of sp³-hybridized carbons (Fsp3) is 0.391. The van der Waals surface area contributed by atoms with E-state index in [0.29, 0.717) is 0 Å². The van der Waals surface area contributed by atoms with E-state index in [1.165, 1.54) is 36.8 Å². The van der Waals surface area contributed by atoms with Crippen LogP contribution in [0.15, 0.2) is 42.5 Å². The topological polar surface area (TPSA) is 52.7 Å². The van der Waals surface area contributed by atoms with Crippen LogP contribution in [-0.4, -0.2) is 31.4 Å². The van der Waals surface area contributed by atoms with E-state index >= 15 is 0 Å². The minimum atomic E-state index is -0.208. The summed E-state index contributed by atoms with van der Waals surface area (Å²) in [6, 6.07) is 13.9. The number of aryl methyl sites for hydroxylation is 2. The van der Waals surface area contributed by atoms with Gasteiger partial charge in [0.2, 0.25) is 11.8 Å². The van der Waals surface area contributed by atoms with Gasteiger partial charge in [0.05, 0.1) is 0 Å². The molecule has 1 saturated heterocycles. The van der Waals surface area contributed by atoms with Gasteiger partial charge < -0.3 is 15.1 Å². The number of nitrogens with one attached hydrogen (secondary N) is 1. The second kappa shape index (κ2) is 8.91. The summed E-state index contributed by atoms with van der Waals surface area (Å²) in [5.74, 6) is -0.360. The molecule has 5 nitrogen and oxygen atoms in total. The van der Waals surface area contributed by atoms with Crippen LogP contribution in [0, 0.1) is 13.8 Å². The largest absolute Gasteiger partial charge is 0.372 e. The number of piperidine rings is 1. The van der Waals surface area contributed by atoms with Gasteiger partial charge >= 0.3 is 0 Å². The lowest BCUT2D eigenvalue weighted by atomic mass is 10.1. The SMILES string of the molecule is CC(=O)N(CC(=O)Nc1ccc(N2CCCCC2)cc1)c1cc(C)cc(C)c1. The first kappa shape index (κ1) is 19.9. The Kier molecular flexibility index (Phi) is 6.34. The van der Waals surface area contributed by atoms with Gasteiger partial charge in [-0.2, -0.15) is 0 Å². The Balaban J connectivity index is 1.65. The van der Waals surface area contributed by atoms with E-state index in [9.17, 15) is 9.59 Å². The van der Waals surface area contributed by atoms with Crippen molar-refractivity contribution in [3.05, 3.63) is 53.6 Å². The van der Waals surface area contributed by atoms with Gasteiger partial charge in [-0.1, -0.05) is 6.07 Å². The first-order valence-corrected chi connectivity index (χ1v) is 9.93. The van der Waals surface area contributed by atoms with Crippen LogP contribution in [0.2, 0.25) is 0 Å². The van der Waals surface area contributed by atoms with Gasteiger partial charge in [-0.3, -0.25) is 9.59 Å². The van der Waals surface area contributed by atoms with E-state index in [1.807, 2.05) is 56.3 Å². The summed E-state index contributed by atoms with van der Waals surface area (Å²) in [5, 5.41) is 2.91. The Hall–Kier alpha value is -2.82. The highest BCUT2D eigenvalue weighted by molar-refractivity contribution is 6.01. The normalized spacial score (nSPS) is 13.9. The zero-order valence-electron chi connectivity index (χ0n) is 17.0. The molecule has 1 aliphatic heterocycles. The Bertz CT molecular complexity index is 819. The van der Waals surface area contributed by atoms with Crippen molar-refractivity contribution in [1.29, 1.82) is 0 Å². The lowest BCUT2D eigenvalue weighted by molar-refractivity contribution is -0.120. The second-order valence-corrected chi connectivity index (χ2v) is 7.59. The summed E-state index contributed by atoms with van der Waals surface area (Å²) < 4.78 is 0. The molecule has 28 heavy (non-hydrogen) atoms. The minimum Gasteiger partial charge on any atom is -0.372 e. The minimum absolute atomic E-state index is 0.00783. The molecule has 0 radical (unpaired) electrons. The molecule has 0 saturated carbocycles. The molecule has 0 spiro atoms. The number of amides is 2. The molecule has 1 heterocycles. The highest BCUT2D eigenvalue weighted by atomic mass is 16.2. The summed E-state index contributed by atoms with van der Waals surface area (Å²) in [5.41, 5.74) is 4.82. The van der Waals surface area contributed by atoms with Gasteiger partial charge in [0.1, 0.15) is 6.54 Å². The zero-order valence-corrected chi connectivity index (χ0v) is 17.0. The summed E-state index contributed by atoms with van der Waals surface area (Å²) in [6.45, 7) is 7.63. The van der Waals surface area contributed by atoms with Crippen LogP contribution < -0.4 is 15.1 Å². The Morgan fingerprint density at radius 2 is 1.57 bits per heavy atom. The standard InChI is InChI=1S/C23H29N3O2/c1-17-13-18(2)15-22(14-17)26(19(3)27)16-23(28)24-20-7-9-21(10-8-20)25-11-5-4-6-12-25/h7-10,13-15H,4-6,11-12,16H2,1-3H3,(H,24,28). The molecule has 1 N–H and O–H groups in total. The van der Waals surface area contributed by atoms with Crippen LogP contribution in [0.4, 0.5) is 17.1 Å². The third-order valence-electron chi connectivity index (χ3n) is 5.07. The van der Waals surface area contributed by atoms with Crippen LogP contribution in [-0.2, 0) is 9.59 Å². The van der Waals surface area contributed by atoms with Crippen molar-refractivity contribution in [3.63, 3.8) is 0 Å². The number of anilines is 3. The first-order valence-electron chi connectivity index (χ1n) is 9.93. The van der Waals surface area contributed by atoms with Crippen LogP contribution in [0.1, 0.15) is 37.3 Å². The maximum Gasteiger partial charge on any atom is 0.244 e. The molecule has 5 heteroatoms. The van der Waals surface area contributed by atoms with Crippen LogP contribution in [0.5, 0.6) is 0 Å². The van der Waals surface area contributed by atoms with E-state index in [1.54, 1.807) is 0 Å². The van der Waals surface area contributed by atoms with Gasteiger partial charge in [0.25, 0.3) is 0 Å². The van der Waals surface area contributed by atoms with E-state index < -0.39 is 0 Å². The summed E-state index contributed by atoms with van der Waals surface area (Å²) >= 11 is 0. The van der Waals surface area contributed by atoms with Gasteiger partial charge in [-0.25, -0.2) is 0 Å². The molecule has 0 atom stereocenters. The highest BCUT2D eigenvalue weighted by Crippen LogP contribution is 2.22. The number of nitrogens with zero attached hydrogens (tertiary/aromatic N) is 2. The van der Waals surface area contributed by atoms with E-state index in [0.717, 1.165) is 35.6 Å². The molecule has 3 rings (SSSR count). The van der Waals surface area contributed by atoms with Gasteiger partial charge in [0, 0.05) is 37.1 Å². The van der Waals surface area contributed by atoms with Crippen molar-refractivity contribution in [2.24, 2.45) is 0 Å². The molecule has 1 aliphatic rings. The molecular weight excluding hydrogens is 350 g/mol.